The monoisotopic (exact) mass is 396 g/mol. The van der Waals surface area contributed by atoms with Gasteiger partial charge in [0.1, 0.15) is 13.2 Å². The number of fused-ring (bicyclic) bond motifs is 1. The molecule has 0 atom stereocenters. The molecule has 0 bridgehead atoms. The molecule has 1 heterocycles. The Balaban J connectivity index is 1.68. The summed E-state index contributed by atoms with van der Waals surface area (Å²) >= 11 is 0. The lowest BCUT2D eigenvalue weighted by molar-refractivity contribution is 0.104. The van der Waals surface area contributed by atoms with Crippen LogP contribution in [0.15, 0.2) is 42.5 Å². The van der Waals surface area contributed by atoms with Crippen LogP contribution >= 0.6 is 0 Å². The molecule has 0 radical (unpaired) electrons. The van der Waals surface area contributed by atoms with Crippen LogP contribution in [0.2, 0.25) is 0 Å². The molecule has 29 heavy (non-hydrogen) atoms. The summed E-state index contributed by atoms with van der Waals surface area (Å²) in [7, 11) is 1.56. The largest absolute Gasteiger partial charge is 0.493 e. The van der Waals surface area contributed by atoms with Crippen molar-refractivity contribution in [2.75, 3.05) is 25.6 Å². The second-order valence-electron chi connectivity index (χ2n) is 6.78. The van der Waals surface area contributed by atoms with Gasteiger partial charge in [-0.25, -0.2) is 4.79 Å². The minimum absolute atomic E-state index is 0.0418. The highest BCUT2D eigenvalue weighted by molar-refractivity contribution is 6.07. The fourth-order valence-corrected chi connectivity index (χ4v) is 2.80. The molecule has 1 aliphatic rings. The molecule has 2 aromatic rings. The zero-order valence-electron chi connectivity index (χ0n) is 16.7. The van der Waals surface area contributed by atoms with Crippen molar-refractivity contribution in [2.24, 2.45) is 0 Å². The number of ether oxygens (including phenoxy) is 3. The van der Waals surface area contributed by atoms with Crippen LogP contribution in [0.4, 0.5) is 10.5 Å². The predicted molar refractivity (Wildman–Crippen MR) is 111 cm³/mol. The summed E-state index contributed by atoms with van der Waals surface area (Å²) in [5.74, 6) is 1.58. The topological polar surface area (TPSA) is 85.9 Å². The first kappa shape index (κ1) is 20.3. The Kier molecular flexibility index (Phi) is 6.39. The van der Waals surface area contributed by atoms with Gasteiger partial charge in [0.05, 0.1) is 7.11 Å². The van der Waals surface area contributed by atoms with Crippen molar-refractivity contribution >= 4 is 23.6 Å². The minimum Gasteiger partial charge on any atom is -0.493 e. The highest BCUT2D eigenvalue weighted by Gasteiger charge is 2.17. The number of urea groups is 1. The molecule has 7 heteroatoms. The molecular weight excluding hydrogens is 372 g/mol. The molecule has 0 saturated carbocycles. The number of carbonyl (C=O) groups is 2. The van der Waals surface area contributed by atoms with Crippen molar-refractivity contribution in [1.29, 1.82) is 0 Å². The molecule has 0 saturated heterocycles. The Morgan fingerprint density at radius 3 is 2.52 bits per heavy atom. The molecule has 7 nitrogen and oxygen atoms in total. The lowest BCUT2D eigenvalue weighted by Gasteiger charge is -2.20. The van der Waals surface area contributed by atoms with Crippen LogP contribution in [-0.2, 0) is 0 Å². The van der Waals surface area contributed by atoms with Crippen molar-refractivity contribution in [3.8, 4) is 17.2 Å². The van der Waals surface area contributed by atoms with Gasteiger partial charge in [0, 0.05) is 17.3 Å². The first-order valence-corrected chi connectivity index (χ1v) is 9.34. The maximum absolute atomic E-state index is 12.5. The Labute approximate surface area is 169 Å². The summed E-state index contributed by atoms with van der Waals surface area (Å²) < 4.78 is 16.5. The van der Waals surface area contributed by atoms with Crippen LogP contribution < -0.4 is 24.8 Å². The second kappa shape index (κ2) is 9.14. The first-order valence-electron chi connectivity index (χ1n) is 9.34. The van der Waals surface area contributed by atoms with E-state index >= 15 is 0 Å². The molecule has 0 unspecified atom stereocenters. The standard InChI is InChI=1S/C22H24N2O5/c1-14(2)23-22(26)24-17-7-5-16(6-8-17)18(25)9-4-15-12-19(27-3)21-20(13-15)28-10-11-29-21/h4-9,12-14H,10-11H2,1-3H3,(H2,23,24,26). The molecule has 3 rings (SSSR count). The number of rotatable bonds is 6. The van der Waals surface area contributed by atoms with E-state index < -0.39 is 0 Å². The SMILES string of the molecule is COc1cc(C=CC(=O)c2ccc(NC(=O)NC(C)C)cc2)cc2c1OCCO2. The van der Waals surface area contributed by atoms with E-state index in [0.29, 0.717) is 41.7 Å². The number of amides is 2. The lowest BCUT2D eigenvalue weighted by Crippen LogP contribution is -2.34. The third-order valence-electron chi connectivity index (χ3n) is 4.12. The molecule has 0 fully saturated rings. The minimum atomic E-state index is -0.286. The van der Waals surface area contributed by atoms with Gasteiger partial charge in [0.15, 0.2) is 17.3 Å². The van der Waals surface area contributed by atoms with Gasteiger partial charge in [0.25, 0.3) is 0 Å². The number of hydrogen-bond acceptors (Lipinski definition) is 5. The number of methoxy groups -OCH3 is 1. The van der Waals surface area contributed by atoms with E-state index in [9.17, 15) is 9.59 Å². The molecule has 1 aliphatic heterocycles. The van der Waals surface area contributed by atoms with E-state index in [1.165, 1.54) is 6.08 Å². The number of hydrogen-bond donors (Lipinski definition) is 2. The average Bonchev–Trinajstić information content (AvgIpc) is 2.71. The van der Waals surface area contributed by atoms with Crippen LogP contribution in [0.25, 0.3) is 6.08 Å². The second-order valence-corrected chi connectivity index (χ2v) is 6.78. The van der Waals surface area contributed by atoms with Gasteiger partial charge in [-0.3, -0.25) is 4.79 Å². The maximum Gasteiger partial charge on any atom is 0.319 e. The number of nitrogens with one attached hydrogen (secondary N) is 2. The Hall–Kier alpha value is -3.48. The Bertz CT molecular complexity index is 902. The van der Waals surface area contributed by atoms with E-state index in [4.69, 9.17) is 14.2 Å². The number of ketones is 1. The summed E-state index contributed by atoms with van der Waals surface area (Å²) in [6.45, 7) is 4.70. The quantitative estimate of drug-likeness (QED) is 0.571. The Morgan fingerprint density at radius 1 is 1.10 bits per heavy atom. The lowest BCUT2D eigenvalue weighted by atomic mass is 10.1. The molecule has 0 aliphatic carbocycles. The number of allylic oxidation sites excluding steroid dienone is 1. The van der Waals surface area contributed by atoms with Crippen LogP contribution in [-0.4, -0.2) is 38.2 Å². The highest BCUT2D eigenvalue weighted by atomic mass is 16.6. The van der Waals surface area contributed by atoms with E-state index in [2.05, 4.69) is 10.6 Å². The van der Waals surface area contributed by atoms with Gasteiger partial charge in [-0.2, -0.15) is 0 Å². The van der Waals surface area contributed by atoms with Gasteiger partial charge in [-0.1, -0.05) is 6.08 Å². The van der Waals surface area contributed by atoms with Crippen LogP contribution in [0.3, 0.4) is 0 Å². The maximum atomic E-state index is 12.5. The van der Waals surface area contributed by atoms with Crippen molar-refractivity contribution < 1.29 is 23.8 Å². The van der Waals surface area contributed by atoms with Gasteiger partial charge >= 0.3 is 6.03 Å². The van der Waals surface area contributed by atoms with Crippen molar-refractivity contribution in [3.63, 3.8) is 0 Å². The van der Waals surface area contributed by atoms with Crippen LogP contribution in [0, 0.1) is 0 Å². The van der Waals surface area contributed by atoms with Gasteiger partial charge in [-0.15, -0.1) is 0 Å². The third-order valence-corrected chi connectivity index (χ3v) is 4.12. The van der Waals surface area contributed by atoms with E-state index in [-0.39, 0.29) is 17.9 Å². The normalized spacial score (nSPS) is 12.7. The van der Waals surface area contributed by atoms with Crippen molar-refractivity contribution in [3.05, 3.63) is 53.6 Å². The van der Waals surface area contributed by atoms with E-state index in [1.807, 2.05) is 13.8 Å². The molecule has 2 N–H and O–H groups in total. The molecule has 2 aromatic carbocycles. The predicted octanol–water partition coefficient (Wildman–Crippen LogP) is 3.89. The fraction of sp³-hybridized carbons (Fsp3) is 0.273. The van der Waals surface area contributed by atoms with Crippen LogP contribution in [0.1, 0.15) is 29.8 Å². The smallest absolute Gasteiger partial charge is 0.319 e. The molecular formula is C22H24N2O5. The van der Waals surface area contributed by atoms with Crippen molar-refractivity contribution in [2.45, 2.75) is 19.9 Å². The zero-order chi connectivity index (χ0) is 20.8. The molecule has 0 spiro atoms. The highest BCUT2D eigenvalue weighted by Crippen LogP contribution is 2.40. The third kappa shape index (κ3) is 5.28. The number of benzene rings is 2. The molecule has 152 valence electrons. The van der Waals surface area contributed by atoms with Gasteiger partial charge < -0.3 is 24.8 Å². The molecule has 2 amide bonds. The first-order chi connectivity index (χ1) is 14.0. The van der Waals surface area contributed by atoms with Crippen molar-refractivity contribution in [1.82, 2.24) is 5.32 Å². The summed E-state index contributed by atoms with van der Waals surface area (Å²) in [6, 6.07) is 10.1. The fourth-order valence-electron chi connectivity index (χ4n) is 2.80. The van der Waals surface area contributed by atoms with Gasteiger partial charge in [-0.05, 0) is 61.9 Å². The zero-order valence-corrected chi connectivity index (χ0v) is 16.7. The summed E-state index contributed by atoms with van der Waals surface area (Å²) in [5.41, 5.74) is 1.89. The van der Waals surface area contributed by atoms with E-state index in [0.717, 1.165) is 5.56 Å². The summed E-state index contributed by atoms with van der Waals surface area (Å²) in [6.07, 6.45) is 3.18. The Morgan fingerprint density at radius 2 is 1.83 bits per heavy atom. The number of anilines is 1. The molecule has 0 aromatic heterocycles. The van der Waals surface area contributed by atoms with Gasteiger partial charge in [0.2, 0.25) is 5.75 Å². The number of carbonyl (C=O) groups excluding carboxylic acids is 2. The summed E-state index contributed by atoms with van der Waals surface area (Å²) in [4.78, 5) is 24.2. The summed E-state index contributed by atoms with van der Waals surface area (Å²) in [5, 5.41) is 5.46. The van der Waals surface area contributed by atoms with Crippen LogP contribution in [0.5, 0.6) is 17.2 Å². The average molecular weight is 396 g/mol. The van der Waals surface area contributed by atoms with E-state index in [1.54, 1.807) is 49.6 Å².